The minimum absolute atomic E-state index is 0.0706. The molecule has 3 saturated carbocycles. The molecule has 0 heterocycles. The summed E-state index contributed by atoms with van der Waals surface area (Å²) in [6, 6.07) is 0. The molecular formula is C9H12O2. The van der Waals surface area contributed by atoms with Crippen molar-refractivity contribution in [3.05, 3.63) is 0 Å². The first kappa shape index (κ1) is 6.04. The molecule has 0 amide bonds. The molecule has 0 aromatic carbocycles. The zero-order chi connectivity index (χ0) is 7.59. The molecule has 0 aliphatic heterocycles. The van der Waals surface area contributed by atoms with Gasteiger partial charge in [0.1, 0.15) is 0 Å². The fourth-order valence-electron chi connectivity index (χ4n) is 3.66. The van der Waals surface area contributed by atoms with Gasteiger partial charge >= 0.3 is 5.97 Å². The van der Waals surface area contributed by atoms with Crippen LogP contribution in [0.15, 0.2) is 0 Å². The molecule has 3 aliphatic rings. The van der Waals surface area contributed by atoms with Crippen molar-refractivity contribution in [2.45, 2.75) is 19.3 Å². The van der Waals surface area contributed by atoms with Gasteiger partial charge in [-0.1, -0.05) is 0 Å². The van der Waals surface area contributed by atoms with Crippen LogP contribution >= 0.6 is 0 Å². The third-order valence-electron chi connectivity index (χ3n) is 4.02. The number of aliphatic carboxylic acids is 1. The molecule has 5 atom stereocenters. The Labute approximate surface area is 65.6 Å². The van der Waals surface area contributed by atoms with E-state index in [1.165, 1.54) is 19.3 Å². The van der Waals surface area contributed by atoms with Gasteiger partial charge in [0.05, 0.1) is 5.92 Å². The fourth-order valence-corrected chi connectivity index (χ4v) is 3.66. The maximum atomic E-state index is 10.7. The van der Waals surface area contributed by atoms with E-state index in [2.05, 4.69) is 0 Å². The molecule has 0 saturated heterocycles. The maximum absolute atomic E-state index is 10.7. The summed E-state index contributed by atoms with van der Waals surface area (Å²) in [5, 5.41) is 8.82. The van der Waals surface area contributed by atoms with Crippen molar-refractivity contribution in [1.82, 2.24) is 0 Å². The lowest BCUT2D eigenvalue weighted by atomic mass is 10.0. The maximum Gasteiger partial charge on any atom is 0.307 e. The number of hydrogen-bond acceptors (Lipinski definition) is 1. The molecule has 2 nitrogen and oxygen atoms in total. The van der Waals surface area contributed by atoms with Gasteiger partial charge in [-0.3, -0.25) is 4.79 Å². The molecule has 11 heavy (non-hydrogen) atoms. The van der Waals surface area contributed by atoms with Gasteiger partial charge in [-0.15, -0.1) is 0 Å². The Bertz CT molecular complexity index is 208. The first-order valence-corrected chi connectivity index (χ1v) is 4.52. The third-order valence-corrected chi connectivity index (χ3v) is 4.02. The second-order valence-electron chi connectivity index (χ2n) is 4.35. The van der Waals surface area contributed by atoms with Crippen molar-refractivity contribution >= 4 is 5.97 Å². The average Bonchev–Trinajstić information content (AvgIpc) is 2.44. The highest BCUT2D eigenvalue weighted by molar-refractivity contribution is 5.75. The van der Waals surface area contributed by atoms with Crippen LogP contribution in [0.2, 0.25) is 0 Å². The van der Waals surface area contributed by atoms with E-state index in [1.807, 2.05) is 0 Å². The summed E-state index contributed by atoms with van der Waals surface area (Å²) in [4.78, 5) is 10.7. The highest BCUT2D eigenvalue weighted by atomic mass is 16.4. The Morgan fingerprint density at radius 2 is 1.73 bits per heavy atom. The van der Waals surface area contributed by atoms with Crippen molar-refractivity contribution in [3.8, 4) is 0 Å². The number of rotatable bonds is 1. The topological polar surface area (TPSA) is 37.3 Å². The normalized spacial score (nSPS) is 57.6. The zero-order valence-electron chi connectivity index (χ0n) is 6.36. The summed E-state index contributed by atoms with van der Waals surface area (Å²) in [5.74, 6) is 2.34. The Hall–Kier alpha value is -0.530. The summed E-state index contributed by atoms with van der Waals surface area (Å²) in [5.41, 5.74) is 0. The first-order chi connectivity index (χ1) is 5.29. The van der Waals surface area contributed by atoms with E-state index in [0.717, 1.165) is 11.8 Å². The Balaban J connectivity index is 1.86. The van der Waals surface area contributed by atoms with Gasteiger partial charge in [0.15, 0.2) is 0 Å². The van der Waals surface area contributed by atoms with Crippen LogP contribution in [0.1, 0.15) is 19.3 Å². The van der Waals surface area contributed by atoms with Gasteiger partial charge in [0, 0.05) is 0 Å². The molecule has 2 heteroatoms. The van der Waals surface area contributed by atoms with Crippen molar-refractivity contribution in [1.29, 1.82) is 0 Å². The van der Waals surface area contributed by atoms with Crippen LogP contribution in [-0.4, -0.2) is 11.1 Å². The minimum atomic E-state index is -0.531. The van der Waals surface area contributed by atoms with E-state index in [9.17, 15) is 4.79 Å². The minimum Gasteiger partial charge on any atom is -0.481 e. The highest BCUT2D eigenvalue weighted by Gasteiger charge is 2.67. The van der Waals surface area contributed by atoms with Gasteiger partial charge in [-0.05, 0) is 42.9 Å². The Morgan fingerprint density at radius 3 is 2.18 bits per heavy atom. The summed E-state index contributed by atoms with van der Waals surface area (Å²) in [6.45, 7) is 0. The predicted molar refractivity (Wildman–Crippen MR) is 38.9 cm³/mol. The van der Waals surface area contributed by atoms with Gasteiger partial charge in [0.2, 0.25) is 0 Å². The second kappa shape index (κ2) is 1.62. The van der Waals surface area contributed by atoms with E-state index < -0.39 is 5.97 Å². The van der Waals surface area contributed by atoms with E-state index in [0.29, 0.717) is 11.8 Å². The molecule has 60 valence electrons. The summed E-state index contributed by atoms with van der Waals surface area (Å²) in [7, 11) is 0. The fraction of sp³-hybridized carbons (Fsp3) is 0.889. The van der Waals surface area contributed by atoms with Crippen molar-refractivity contribution in [2.24, 2.45) is 29.6 Å². The Morgan fingerprint density at radius 1 is 1.18 bits per heavy atom. The molecular weight excluding hydrogens is 140 g/mol. The number of fused-ring (bicyclic) bond motifs is 5. The van der Waals surface area contributed by atoms with Gasteiger partial charge in [-0.2, -0.15) is 0 Å². The molecule has 0 radical (unpaired) electrons. The summed E-state index contributed by atoms with van der Waals surface area (Å²) >= 11 is 0. The molecule has 1 N–H and O–H groups in total. The molecule has 2 bridgehead atoms. The van der Waals surface area contributed by atoms with E-state index in [4.69, 9.17) is 5.11 Å². The predicted octanol–water partition coefficient (Wildman–Crippen LogP) is 1.36. The van der Waals surface area contributed by atoms with Crippen LogP contribution in [0.25, 0.3) is 0 Å². The molecule has 0 unspecified atom stereocenters. The van der Waals surface area contributed by atoms with E-state index >= 15 is 0 Å². The molecule has 0 aromatic rings. The van der Waals surface area contributed by atoms with Crippen LogP contribution in [0.3, 0.4) is 0 Å². The van der Waals surface area contributed by atoms with E-state index in [-0.39, 0.29) is 5.92 Å². The largest absolute Gasteiger partial charge is 0.481 e. The van der Waals surface area contributed by atoms with Gasteiger partial charge in [-0.25, -0.2) is 0 Å². The number of hydrogen-bond donors (Lipinski definition) is 1. The highest BCUT2D eigenvalue weighted by Crippen LogP contribution is 2.69. The molecule has 0 aromatic heterocycles. The smallest absolute Gasteiger partial charge is 0.307 e. The van der Waals surface area contributed by atoms with Crippen LogP contribution in [0.5, 0.6) is 0 Å². The lowest BCUT2D eigenvalue weighted by molar-refractivity contribution is -0.139. The van der Waals surface area contributed by atoms with Crippen LogP contribution in [0.4, 0.5) is 0 Å². The number of carboxylic acids is 1. The second-order valence-corrected chi connectivity index (χ2v) is 4.35. The quantitative estimate of drug-likeness (QED) is 0.616. The monoisotopic (exact) mass is 152 g/mol. The average molecular weight is 152 g/mol. The van der Waals surface area contributed by atoms with Crippen molar-refractivity contribution < 1.29 is 9.90 Å². The van der Waals surface area contributed by atoms with Crippen LogP contribution in [-0.2, 0) is 4.79 Å². The number of carbonyl (C=O) groups is 1. The molecule has 0 spiro atoms. The SMILES string of the molecule is O=C(O)[C@H]1[C@H]2[C@@H]3CC[C@@H](C3)[C@@H]12. The lowest BCUT2D eigenvalue weighted by Crippen LogP contribution is -2.07. The molecule has 3 rings (SSSR count). The third kappa shape index (κ3) is 0.569. The Kier molecular flexibility index (Phi) is 0.890. The van der Waals surface area contributed by atoms with Crippen LogP contribution < -0.4 is 0 Å². The standard InChI is InChI=1S/C9H12O2/c10-9(11)8-6-4-1-2-5(3-4)7(6)8/h4-8H,1-3H2,(H,10,11)/t4-,5+,6+,7-,8+. The number of carboxylic acid groups (broad SMARTS) is 1. The lowest BCUT2D eigenvalue weighted by Gasteiger charge is -2.04. The zero-order valence-corrected chi connectivity index (χ0v) is 6.36. The van der Waals surface area contributed by atoms with Crippen LogP contribution in [0, 0.1) is 29.6 Å². The van der Waals surface area contributed by atoms with E-state index in [1.54, 1.807) is 0 Å². The van der Waals surface area contributed by atoms with Gasteiger partial charge in [0.25, 0.3) is 0 Å². The molecule has 3 fully saturated rings. The van der Waals surface area contributed by atoms with Gasteiger partial charge < -0.3 is 5.11 Å². The molecule has 3 aliphatic carbocycles. The van der Waals surface area contributed by atoms with Crippen molar-refractivity contribution in [2.75, 3.05) is 0 Å². The van der Waals surface area contributed by atoms with Crippen molar-refractivity contribution in [3.63, 3.8) is 0 Å². The summed E-state index contributed by atoms with van der Waals surface area (Å²) < 4.78 is 0. The summed E-state index contributed by atoms with van der Waals surface area (Å²) in [6.07, 6.45) is 3.98. The first-order valence-electron chi connectivity index (χ1n) is 4.52.